The second-order valence-corrected chi connectivity index (χ2v) is 6.23. The molecule has 2 fully saturated rings. The monoisotopic (exact) mass is 268 g/mol. The lowest BCUT2D eigenvalue weighted by atomic mass is 9.75. The molecular formula is C15H28N2O2. The summed E-state index contributed by atoms with van der Waals surface area (Å²) in [4.78, 5) is 16.5. The highest BCUT2D eigenvalue weighted by atomic mass is 16.4. The third-order valence-electron chi connectivity index (χ3n) is 4.93. The van der Waals surface area contributed by atoms with Gasteiger partial charge in [-0.3, -0.25) is 4.79 Å². The first-order chi connectivity index (χ1) is 9.16. The van der Waals surface area contributed by atoms with Gasteiger partial charge in [0.2, 0.25) is 0 Å². The number of piperidine rings is 1. The number of carboxylic acids is 1. The van der Waals surface area contributed by atoms with E-state index in [4.69, 9.17) is 0 Å². The van der Waals surface area contributed by atoms with Crippen LogP contribution < -0.4 is 0 Å². The average Bonchev–Trinajstić information content (AvgIpc) is 2.91. The van der Waals surface area contributed by atoms with Crippen LogP contribution in [0.5, 0.6) is 0 Å². The predicted octanol–water partition coefficient (Wildman–Crippen LogP) is 2.05. The van der Waals surface area contributed by atoms with Crippen molar-refractivity contribution in [3.8, 4) is 0 Å². The molecule has 1 N–H and O–H groups in total. The summed E-state index contributed by atoms with van der Waals surface area (Å²) in [5.74, 6) is -0.575. The number of carbonyl (C=O) groups is 1. The Kier molecular flexibility index (Phi) is 5.22. The van der Waals surface area contributed by atoms with E-state index in [9.17, 15) is 9.90 Å². The fourth-order valence-electron chi connectivity index (χ4n) is 3.54. The van der Waals surface area contributed by atoms with Crippen molar-refractivity contribution < 1.29 is 9.90 Å². The Morgan fingerprint density at radius 2 is 1.58 bits per heavy atom. The lowest BCUT2D eigenvalue weighted by Gasteiger charge is -2.39. The van der Waals surface area contributed by atoms with E-state index >= 15 is 0 Å². The molecule has 0 spiro atoms. The number of aliphatic carboxylic acids is 1. The van der Waals surface area contributed by atoms with Gasteiger partial charge in [-0.25, -0.2) is 0 Å². The molecule has 0 radical (unpaired) electrons. The van der Waals surface area contributed by atoms with Crippen LogP contribution in [0.1, 0.15) is 45.4 Å². The van der Waals surface area contributed by atoms with Crippen molar-refractivity contribution in [2.75, 3.05) is 39.3 Å². The maximum atomic E-state index is 11.5. The second-order valence-electron chi connectivity index (χ2n) is 6.23. The number of rotatable bonds is 6. The molecule has 110 valence electrons. The summed E-state index contributed by atoms with van der Waals surface area (Å²) in [6, 6.07) is 0. The van der Waals surface area contributed by atoms with E-state index in [1.165, 1.54) is 25.9 Å². The highest BCUT2D eigenvalue weighted by molar-refractivity contribution is 5.74. The molecule has 0 amide bonds. The van der Waals surface area contributed by atoms with Gasteiger partial charge >= 0.3 is 5.97 Å². The molecule has 19 heavy (non-hydrogen) atoms. The summed E-state index contributed by atoms with van der Waals surface area (Å²) in [6.07, 6.45) is 6.16. The van der Waals surface area contributed by atoms with Gasteiger partial charge in [-0.1, -0.05) is 13.3 Å². The van der Waals surface area contributed by atoms with Crippen LogP contribution in [-0.4, -0.2) is 60.1 Å². The standard InChI is InChI=1S/C15H28N2O2/c1-2-5-15(14(18)19)6-10-17(11-7-15)13-12-16-8-3-4-9-16/h2-13H2,1H3,(H,18,19). The second kappa shape index (κ2) is 6.71. The SMILES string of the molecule is CCCC1(C(=O)O)CCN(CCN2CCCC2)CC1. The molecule has 4 heteroatoms. The van der Waals surface area contributed by atoms with Gasteiger partial charge in [-0.05, 0) is 58.3 Å². The topological polar surface area (TPSA) is 43.8 Å². The molecule has 0 aromatic heterocycles. The summed E-state index contributed by atoms with van der Waals surface area (Å²) in [5, 5.41) is 9.48. The average molecular weight is 268 g/mol. The van der Waals surface area contributed by atoms with Crippen LogP contribution in [-0.2, 0) is 4.79 Å². The molecule has 2 rings (SSSR count). The molecular weight excluding hydrogens is 240 g/mol. The van der Waals surface area contributed by atoms with Crippen LogP contribution in [0.4, 0.5) is 0 Å². The van der Waals surface area contributed by atoms with Crippen molar-refractivity contribution in [3.63, 3.8) is 0 Å². The zero-order valence-corrected chi connectivity index (χ0v) is 12.2. The summed E-state index contributed by atoms with van der Waals surface area (Å²) in [7, 11) is 0. The predicted molar refractivity (Wildman–Crippen MR) is 76.3 cm³/mol. The van der Waals surface area contributed by atoms with E-state index in [1.54, 1.807) is 0 Å². The Hall–Kier alpha value is -0.610. The number of likely N-dealkylation sites (tertiary alicyclic amines) is 2. The normalized spacial score (nSPS) is 24.7. The largest absolute Gasteiger partial charge is 0.481 e. The minimum atomic E-state index is -0.575. The fourth-order valence-corrected chi connectivity index (χ4v) is 3.54. The van der Waals surface area contributed by atoms with E-state index in [2.05, 4.69) is 16.7 Å². The Balaban J connectivity index is 1.75. The molecule has 0 aromatic carbocycles. The van der Waals surface area contributed by atoms with E-state index in [1.807, 2.05) is 0 Å². The summed E-state index contributed by atoms with van der Waals surface area (Å²) >= 11 is 0. The minimum Gasteiger partial charge on any atom is -0.481 e. The van der Waals surface area contributed by atoms with E-state index < -0.39 is 11.4 Å². The first kappa shape index (κ1) is 14.8. The van der Waals surface area contributed by atoms with Crippen molar-refractivity contribution in [2.24, 2.45) is 5.41 Å². The van der Waals surface area contributed by atoms with Crippen molar-refractivity contribution in [1.82, 2.24) is 9.80 Å². The molecule has 2 aliphatic rings. The molecule has 2 aliphatic heterocycles. The van der Waals surface area contributed by atoms with E-state index in [0.29, 0.717) is 0 Å². The summed E-state index contributed by atoms with van der Waals surface area (Å²) in [6.45, 7) is 8.78. The van der Waals surface area contributed by atoms with E-state index in [-0.39, 0.29) is 0 Å². The number of nitrogens with zero attached hydrogens (tertiary/aromatic N) is 2. The van der Waals surface area contributed by atoms with Gasteiger partial charge < -0.3 is 14.9 Å². The maximum absolute atomic E-state index is 11.5. The first-order valence-electron chi connectivity index (χ1n) is 7.84. The van der Waals surface area contributed by atoms with Gasteiger partial charge in [0, 0.05) is 13.1 Å². The highest BCUT2D eigenvalue weighted by Gasteiger charge is 2.40. The van der Waals surface area contributed by atoms with Crippen LogP contribution in [0.3, 0.4) is 0 Å². The van der Waals surface area contributed by atoms with Gasteiger partial charge in [0.15, 0.2) is 0 Å². The Morgan fingerprint density at radius 3 is 2.05 bits per heavy atom. The highest BCUT2D eigenvalue weighted by Crippen LogP contribution is 2.36. The quantitative estimate of drug-likeness (QED) is 0.801. The van der Waals surface area contributed by atoms with Gasteiger partial charge in [0.05, 0.1) is 5.41 Å². The van der Waals surface area contributed by atoms with Crippen molar-refractivity contribution in [2.45, 2.75) is 45.4 Å². The maximum Gasteiger partial charge on any atom is 0.309 e. The number of hydrogen-bond acceptors (Lipinski definition) is 3. The van der Waals surface area contributed by atoms with Crippen molar-refractivity contribution >= 4 is 5.97 Å². The Labute approximate surface area is 116 Å². The molecule has 0 bridgehead atoms. The smallest absolute Gasteiger partial charge is 0.309 e. The van der Waals surface area contributed by atoms with Crippen LogP contribution >= 0.6 is 0 Å². The first-order valence-corrected chi connectivity index (χ1v) is 7.84. The third kappa shape index (κ3) is 3.69. The van der Waals surface area contributed by atoms with Crippen LogP contribution in [0, 0.1) is 5.41 Å². The molecule has 0 atom stereocenters. The molecule has 0 aromatic rings. The van der Waals surface area contributed by atoms with Gasteiger partial charge in [0.1, 0.15) is 0 Å². The minimum absolute atomic E-state index is 0.432. The lowest BCUT2D eigenvalue weighted by Crippen LogP contribution is -2.46. The van der Waals surface area contributed by atoms with Gasteiger partial charge in [-0.2, -0.15) is 0 Å². The molecule has 2 heterocycles. The van der Waals surface area contributed by atoms with Crippen LogP contribution in [0.25, 0.3) is 0 Å². The molecule has 0 aliphatic carbocycles. The molecule has 0 saturated carbocycles. The molecule has 4 nitrogen and oxygen atoms in total. The van der Waals surface area contributed by atoms with Gasteiger partial charge in [-0.15, -0.1) is 0 Å². The fraction of sp³-hybridized carbons (Fsp3) is 0.933. The molecule has 2 saturated heterocycles. The van der Waals surface area contributed by atoms with Crippen molar-refractivity contribution in [1.29, 1.82) is 0 Å². The van der Waals surface area contributed by atoms with Crippen LogP contribution in [0.15, 0.2) is 0 Å². The Bertz CT molecular complexity index is 293. The van der Waals surface area contributed by atoms with Crippen molar-refractivity contribution in [3.05, 3.63) is 0 Å². The zero-order valence-electron chi connectivity index (χ0n) is 12.2. The number of carboxylic acid groups (broad SMARTS) is 1. The third-order valence-corrected chi connectivity index (χ3v) is 4.93. The van der Waals surface area contributed by atoms with Gasteiger partial charge in [0.25, 0.3) is 0 Å². The summed E-state index contributed by atoms with van der Waals surface area (Å²) < 4.78 is 0. The van der Waals surface area contributed by atoms with Crippen LogP contribution in [0.2, 0.25) is 0 Å². The summed E-state index contributed by atoms with van der Waals surface area (Å²) in [5.41, 5.74) is -0.432. The van der Waals surface area contributed by atoms with E-state index in [0.717, 1.165) is 51.9 Å². The number of hydrogen-bond donors (Lipinski definition) is 1. The zero-order chi connectivity index (χ0) is 13.7. The lowest BCUT2D eigenvalue weighted by molar-refractivity contribution is -0.152. The molecule has 0 unspecified atom stereocenters. The Morgan fingerprint density at radius 1 is 1.05 bits per heavy atom.